The molecule has 0 bridgehead atoms. The molecule has 2 aromatic carbocycles. The van der Waals surface area contributed by atoms with E-state index in [1.54, 1.807) is 25.1 Å². The number of nitrogens with zero attached hydrogens (tertiary/aromatic N) is 2. The van der Waals surface area contributed by atoms with Crippen LogP contribution in [-0.2, 0) is 0 Å². The lowest BCUT2D eigenvalue weighted by Crippen LogP contribution is -2.26. The number of rotatable bonds is 1. The van der Waals surface area contributed by atoms with E-state index < -0.39 is 11.4 Å². The minimum absolute atomic E-state index is 0.0357. The molecule has 118 valence electrons. The number of aromatic nitrogens is 2. The third-order valence-corrected chi connectivity index (χ3v) is 4.91. The van der Waals surface area contributed by atoms with Crippen LogP contribution in [0, 0.1) is 12.7 Å². The van der Waals surface area contributed by atoms with Gasteiger partial charge >= 0.3 is 0 Å². The largest absolute Gasteiger partial charge is 0.288 e. The van der Waals surface area contributed by atoms with E-state index in [1.165, 1.54) is 34.1 Å². The van der Waals surface area contributed by atoms with E-state index in [-0.39, 0.29) is 10.8 Å². The molecule has 6 heteroatoms. The lowest BCUT2D eigenvalue weighted by molar-refractivity contribution is 0.626. The summed E-state index contributed by atoms with van der Waals surface area (Å²) in [5.74, 6) is -0.0494. The van der Waals surface area contributed by atoms with Gasteiger partial charge in [0, 0.05) is 10.1 Å². The van der Waals surface area contributed by atoms with Gasteiger partial charge in [0.25, 0.3) is 5.56 Å². The van der Waals surface area contributed by atoms with Crippen LogP contribution in [0.15, 0.2) is 58.1 Å². The average Bonchev–Trinajstić information content (AvgIpc) is 2.54. The molecule has 24 heavy (non-hydrogen) atoms. The highest BCUT2D eigenvalue weighted by Gasteiger charge is 2.15. The molecule has 0 saturated heterocycles. The molecule has 0 aliphatic carbocycles. The molecule has 0 saturated carbocycles. The van der Waals surface area contributed by atoms with Crippen LogP contribution in [0.4, 0.5) is 4.39 Å². The number of halogens is 1. The molecule has 2 heterocycles. The van der Waals surface area contributed by atoms with Crippen LogP contribution in [0.2, 0.25) is 0 Å². The summed E-state index contributed by atoms with van der Waals surface area (Å²) in [6, 6.07) is 12.8. The smallest absolute Gasteiger partial charge is 0.270 e. The zero-order chi connectivity index (χ0) is 16.8. The Morgan fingerprint density at radius 3 is 2.67 bits per heavy atom. The second kappa shape index (κ2) is 5.35. The lowest BCUT2D eigenvalue weighted by Gasteiger charge is -2.10. The summed E-state index contributed by atoms with van der Waals surface area (Å²) in [7, 11) is 0. The van der Waals surface area contributed by atoms with Crippen LogP contribution in [0.25, 0.3) is 26.0 Å². The number of hydrogen-bond acceptors (Lipinski definition) is 4. The minimum Gasteiger partial charge on any atom is -0.288 e. The topological polar surface area (TPSA) is 52.0 Å². The van der Waals surface area contributed by atoms with E-state index in [1.807, 2.05) is 12.1 Å². The first-order chi connectivity index (χ1) is 11.6. The minimum atomic E-state index is -0.477. The van der Waals surface area contributed by atoms with Crippen LogP contribution < -0.4 is 11.0 Å². The molecule has 0 spiro atoms. The Morgan fingerprint density at radius 2 is 1.88 bits per heavy atom. The Bertz CT molecular complexity index is 1230. The first kappa shape index (κ1) is 14.7. The molecule has 4 aromatic rings. The van der Waals surface area contributed by atoms with Gasteiger partial charge in [-0.15, -0.1) is 11.3 Å². The monoisotopic (exact) mass is 338 g/mol. The standard InChI is InChI=1S/C18H11FN2O2S/c1-10-20-17-15(16(22)13-7-2-3-8-14(13)24-17)18(23)21(10)12-6-4-5-11(19)9-12/h2-9H,1H3. The fourth-order valence-electron chi connectivity index (χ4n) is 2.77. The molecule has 0 unspecified atom stereocenters. The van der Waals surface area contributed by atoms with Crippen molar-refractivity contribution in [3.63, 3.8) is 0 Å². The first-order valence-corrected chi connectivity index (χ1v) is 8.09. The summed E-state index contributed by atoms with van der Waals surface area (Å²) in [5, 5.41) is 0.525. The van der Waals surface area contributed by atoms with Crippen molar-refractivity contribution in [3.05, 3.63) is 80.7 Å². The number of aryl methyl sites for hydroxylation is 1. The normalized spacial score (nSPS) is 11.2. The van der Waals surface area contributed by atoms with Gasteiger partial charge in [0.05, 0.1) is 5.69 Å². The van der Waals surface area contributed by atoms with E-state index in [4.69, 9.17) is 0 Å². The second-order valence-corrected chi connectivity index (χ2v) is 6.42. The first-order valence-electron chi connectivity index (χ1n) is 7.27. The van der Waals surface area contributed by atoms with Crippen molar-refractivity contribution in [1.82, 2.24) is 9.55 Å². The zero-order valence-electron chi connectivity index (χ0n) is 12.6. The number of fused-ring (bicyclic) bond motifs is 2. The second-order valence-electron chi connectivity index (χ2n) is 5.39. The van der Waals surface area contributed by atoms with Gasteiger partial charge in [-0.3, -0.25) is 14.2 Å². The summed E-state index contributed by atoms with van der Waals surface area (Å²) < 4.78 is 15.6. The Balaban J connectivity index is 2.18. The van der Waals surface area contributed by atoms with Crippen molar-refractivity contribution in [2.75, 3.05) is 0 Å². The van der Waals surface area contributed by atoms with Gasteiger partial charge in [-0.25, -0.2) is 9.37 Å². The molecule has 0 aliphatic rings. The van der Waals surface area contributed by atoms with E-state index in [2.05, 4.69) is 4.98 Å². The average molecular weight is 338 g/mol. The van der Waals surface area contributed by atoms with Crippen molar-refractivity contribution in [3.8, 4) is 5.69 Å². The third kappa shape index (κ3) is 2.15. The van der Waals surface area contributed by atoms with Gasteiger partial charge in [-0.1, -0.05) is 18.2 Å². The van der Waals surface area contributed by atoms with Crippen molar-refractivity contribution in [1.29, 1.82) is 0 Å². The van der Waals surface area contributed by atoms with Crippen LogP contribution in [0.1, 0.15) is 5.82 Å². The summed E-state index contributed by atoms with van der Waals surface area (Å²) in [6.07, 6.45) is 0. The van der Waals surface area contributed by atoms with Crippen molar-refractivity contribution >= 4 is 31.6 Å². The maximum atomic E-state index is 13.5. The summed E-state index contributed by atoms with van der Waals surface area (Å²) in [5.41, 5.74) is -0.471. The van der Waals surface area contributed by atoms with Gasteiger partial charge in [-0.2, -0.15) is 0 Å². The maximum Gasteiger partial charge on any atom is 0.270 e. The number of benzene rings is 2. The highest BCUT2D eigenvalue weighted by molar-refractivity contribution is 7.24. The molecule has 0 radical (unpaired) electrons. The fourth-order valence-corrected chi connectivity index (χ4v) is 3.86. The number of hydrogen-bond donors (Lipinski definition) is 0. The van der Waals surface area contributed by atoms with Gasteiger partial charge in [0.15, 0.2) is 0 Å². The molecule has 4 nitrogen and oxygen atoms in total. The van der Waals surface area contributed by atoms with E-state index in [9.17, 15) is 14.0 Å². The van der Waals surface area contributed by atoms with Crippen molar-refractivity contribution in [2.45, 2.75) is 6.92 Å². The maximum absolute atomic E-state index is 13.5. The Kier molecular flexibility index (Phi) is 3.28. The molecule has 2 aromatic heterocycles. The van der Waals surface area contributed by atoms with Gasteiger partial charge < -0.3 is 0 Å². The molecular formula is C18H11FN2O2S. The highest BCUT2D eigenvalue weighted by Crippen LogP contribution is 2.22. The van der Waals surface area contributed by atoms with E-state index >= 15 is 0 Å². The Labute approximate surface area is 139 Å². The van der Waals surface area contributed by atoms with Gasteiger partial charge in [0.2, 0.25) is 5.43 Å². The summed E-state index contributed by atoms with van der Waals surface area (Å²) in [4.78, 5) is 30.5. The molecule has 0 N–H and O–H groups in total. The van der Waals surface area contributed by atoms with Gasteiger partial charge in [0.1, 0.15) is 21.9 Å². The summed E-state index contributed by atoms with van der Waals surface area (Å²) in [6.45, 7) is 1.66. The predicted octanol–water partition coefficient (Wildman–Crippen LogP) is 3.41. The predicted molar refractivity (Wildman–Crippen MR) is 93.7 cm³/mol. The van der Waals surface area contributed by atoms with Crippen LogP contribution >= 0.6 is 11.3 Å². The summed E-state index contributed by atoms with van der Waals surface area (Å²) >= 11 is 1.30. The molecule has 0 atom stereocenters. The van der Waals surface area contributed by atoms with Gasteiger partial charge in [-0.05, 0) is 37.3 Å². The third-order valence-electron chi connectivity index (χ3n) is 3.85. The molecule has 0 fully saturated rings. The highest BCUT2D eigenvalue weighted by atomic mass is 32.1. The van der Waals surface area contributed by atoms with Crippen LogP contribution in [0.3, 0.4) is 0 Å². The van der Waals surface area contributed by atoms with E-state index in [0.29, 0.717) is 21.7 Å². The molecule has 0 aliphatic heterocycles. The van der Waals surface area contributed by atoms with Crippen molar-refractivity contribution in [2.24, 2.45) is 0 Å². The zero-order valence-corrected chi connectivity index (χ0v) is 13.4. The van der Waals surface area contributed by atoms with E-state index in [0.717, 1.165) is 4.70 Å². The Hall–Kier alpha value is -2.86. The molecular weight excluding hydrogens is 327 g/mol. The molecule has 4 rings (SSSR count). The quantitative estimate of drug-likeness (QED) is 0.500. The van der Waals surface area contributed by atoms with Crippen molar-refractivity contribution < 1.29 is 4.39 Å². The van der Waals surface area contributed by atoms with Crippen LogP contribution in [0.5, 0.6) is 0 Å². The SMILES string of the molecule is Cc1nc2sc3ccccc3c(=O)c2c(=O)n1-c1cccc(F)c1. The van der Waals surface area contributed by atoms with Crippen LogP contribution in [-0.4, -0.2) is 9.55 Å². The fraction of sp³-hybridized carbons (Fsp3) is 0.0556. The molecule has 0 amide bonds. The lowest BCUT2D eigenvalue weighted by atomic mass is 10.2. The Morgan fingerprint density at radius 1 is 1.08 bits per heavy atom.